The number of sulfone groups is 1. The SMILES string of the molecule is CC(C)S(=O)(=O)CCn1ccc2cc(C(=O)O)ccc21. The van der Waals surface area contributed by atoms with Gasteiger partial charge in [0.2, 0.25) is 0 Å². The average Bonchev–Trinajstić information content (AvgIpc) is 2.78. The molecule has 0 bridgehead atoms. The molecule has 2 rings (SSSR count). The van der Waals surface area contributed by atoms with Crippen LogP contribution in [0.15, 0.2) is 30.5 Å². The predicted molar refractivity (Wildman–Crippen MR) is 77.8 cm³/mol. The van der Waals surface area contributed by atoms with Crippen molar-refractivity contribution in [1.29, 1.82) is 0 Å². The Morgan fingerprint density at radius 2 is 2.00 bits per heavy atom. The van der Waals surface area contributed by atoms with Gasteiger partial charge in [-0.3, -0.25) is 0 Å². The van der Waals surface area contributed by atoms with Crippen LogP contribution in [0.2, 0.25) is 0 Å². The minimum atomic E-state index is -3.08. The summed E-state index contributed by atoms with van der Waals surface area (Å²) in [6, 6.07) is 6.62. The minimum absolute atomic E-state index is 0.0785. The minimum Gasteiger partial charge on any atom is -0.478 e. The van der Waals surface area contributed by atoms with Crippen molar-refractivity contribution in [3.63, 3.8) is 0 Å². The molecule has 20 heavy (non-hydrogen) atoms. The van der Waals surface area contributed by atoms with Crippen molar-refractivity contribution in [2.75, 3.05) is 5.75 Å². The molecule has 0 saturated carbocycles. The number of rotatable bonds is 5. The topological polar surface area (TPSA) is 76.4 Å². The van der Waals surface area contributed by atoms with Gasteiger partial charge in [-0.25, -0.2) is 13.2 Å². The molecule has 0 atom stereocenters. The van der Waals surface area contributed by atoms with E-state index in [0.29, 0.717) is 6.54 Å². The molecule has 2 aromatic rings. The first-order chi connectivity index (χ1) is 9.31. The Bertz CT molecular complexity index is 744. The highest BCUT2D eigenvalue weighted by molar-refractivity contribution is 7.91. The van der Waals surface area contributed by atoms with Crippen molar-refractivity contribution in [2.24, 2.45) is 0 Å². The lowest BCUT2D eigenvalue weighted by Gasteiger charge is -2.09. The number of hydrogen-bond donors (Lipinski definition) is 1. The fourth-order valence-corrected chi connectivity index (χ4v) is 2.91. The average molecular weight is 295 g/mol. The zero-order valence-corrected chi connectivity index (χ0v) is 12.2. The Hall–Kier alpha value is -1.82. The number of benzene rings is 1. The smallest absolute Gasteiger partial charge is 0.335 e. The molecule has 108 valence electrons. The van der Waals surface area contributed by atoms with Crippen molar-refractivity contribution >= 4 is 26.7 Å². The van der Waals surface area contributed by atoms with Gasteiger partial charge in [-0.1, -0.05) is 0 Å². The van der Waals surface area contributed by atoms with Crippen molar-refractivity contribution in [2.45, 2.75) is 25.6 Å². The molecule has 1 heterocycles. The summed E-state index contributed by atoms with van der Waals surface area (Å²) in [5.41, 5.74) is 1.07. The lowest BCUT2D eigenvalue weighted by atomic mass is 10.1. The molecule has 1 N–H and O–H groups in total. The molecule has 0 aliphatic heterocycles. The van der Waals surface area contributed by atoms with E-state index in [1.54, 1.807) is 38.2 Å². The van der Waals surface area contributed by atoms with Crippen LogP contribution >= 0.6 is 0 Å². The van der Waals surface area contributed by atoms with Crippen molar-refractivity contribution in [3.8, 4) is 0 Å². The van der Waals surface area contributed by atoms with Gasteiger partial charge in [-0.15, -0.1) is 0 Å². The number of nitrogens with zero attached hydrogens (tertiary/aromatic N) is 1. The second kappa shape index (κ2) is 5.28. The molecule has 0 spiro atoms. The summed E-state index contributed by atoms with van der Waals surface area (Å²) in [6.45, 7) is 3.71. The molecule has 0 aliphatic rings. The number of aromatic carboxylic acids is 1. The summed E-state index contributed by atoms with van der Waals surface area (Å²) in [7, 11) is -3.08. The molecule has 0 radical (unpaired) electrons. The van der Waals surface area contributed by atoms with Gasteiger partial charge >= 0.3 is 5.97 Å². The summed E-state index contributed by atoms with van der Waals surface area (Å²) < 4.78 is 25.5. The van der Waals surface area contributed by atoms with Crippen LogP contribution in [0.25, 0.3) is 10.9 Å². The summed E-state index contributed by atoms with van der Waals surface area (Å²) in [4.78, 5) is 10.9. The number of fused-ring (bicyclic) bond motifs is 1. The van der Waals surface area contributed by atoms with Gasteiger partial charge in [0.05, 0.1) is 16.6 Å². The van der Waals surface area contributed by atoms with Crippen LogP contribution in [0.4, 0.5) is 0 Å². The number of carbonyl (C=O) groups is 1. The molecule has 5 nitrogen and oxygen atoms in total. The Morgan fingerprint density at radius 1 is 1.30 bits per heavy atom. The first-order valence-electron chi connectivity index (χ1n) is 6.35. The van der Waals surface area contributed by atoms with E-state index >= 15 is 0 Å². The fourth-order valence-electron chi connectivity index (χ4n) is 1.99. The first-order valence-corrected chi connectivity index (χ1v) is 8.06. The molecule has 1 aromatic heterocycles. The van der Waals surface area contributed by atoms with E-state index in [0.717, 1.165) is 10.9 Å². The number of carboxylic acid groups (broad SMARTS) is 1. The van der Waals surface area contributed by atoms with Crippen LogP contribution in [-0.4, -0.2) is 35.1 Å². The van der Waals surface area contributed by atoms with Crippen molar-refractivity contribution in [3.05, 3.63) is 36.0 Å². The lowest BCUT2D eigenvalue weighted by molar-refractivity contribution is 0.0697. The van der Waals surface area contributed by atoms with Crippen LogP contribution in [0.3, 0.4) is 0 Å². The number of hydrogen-bond acceptors (Lipinski definition) is 3. The standard InChI is InChI=1S/C14H17NO4S/c1-10(2)20(18,19)8-7-15-6-5-11-9-12(14(16)17)3-4-13(11)15/h3-6,9-10H,7-8H2,1-2H3,(H,16,17). The maximum atomic E-state index is 11.8. The first kappa shape index (κ1) is 14.6. The van der Waals surface area contributed by atoms with E-state index in [1.807, 2.05) is 4.57 Å². The zero-order valence-electron chi connectivity index (χ0n) is 11.4. The van der Waals surface area contributed by atoms with Gasteiger partial charge in [0, 0.05) is 23.6 Å². The van der Waals surface area contributed by atoms with Gasteiger partial charge in [-0.05, 0) is 38.1 Å². The van der Waals surface area contributed by atoms with Crippen LogP contribution in [0, 0.1) is 0 Å². The molecule has 0 aliphatic carbocycles. The number of carboxylic acids is 1. The van der Waals surface area contributed by atoms with Crippen LogP contribution in [0.5, 0.6) is 0 Å². The highest BCUT2D eigenvalue weighted by atomic mass is 32.2. The van der Waals surface area contributed by atoms with E-state index in [4.69, 9.17) is 5.11 Å². The molecule has 1 aromatic carbocycles. The third kappa shape index (κ3) is 2.85. The molecule has 6 heteroatoms. The Kier molecular flexibility index (Phi) is 3.85. The summed E-state index contributed by atoms with van der Waals surface area (Å²) in [6.07, 6.45) is 1.78. The Morgan fingerprint density at radius 3 is 2.60 bits per heavy atom. The predicted octanol–water partition coefficient (Wildman–Crippen LogP) is 2.16. The Balaban J connectivity index is 2.27. The van der Waals surface area contributed by atoms with E-state index in [-0.39, 0.29) is 16.6 Å². The number of aromatic nitrogens is 1. The van der Waals surface area contributed by atoms with Crippen LogP contribution in [-0.2, 0) is 16.4 Å². The normalized spacial score (nSPS) is 12.2. The largest absolute Gasteiger partial charge is 0.478 e. The van der Waals surface area contributed by atoms with Gasteiger partial charge < -0.3 is 9.67 Å². The van der Waals surface area contributed by atoms with Crippen molar-refractivity contribution in [1.82, 2.24) is 4.57 Å². The van der Waals surface area contributed by atoms with E-state index in [1.165, 1.54) is 6.07 Å². The third-order valence-corrected chi connectivity index (χ3v) is 5.54. The van der Waals surface area contributed by atoms with E-state index in [9.17, 15) is 13.2 Å². The van der Waals surface area contributed by atoms with Crippen LogP contribution < -0.4 is 0 Å². The van der Waals surface area contributed by atoms with Gasteiger partial charge in [0.15, 0.2) is 9.84 Å². The molecule has 0 unspecified atom stereocenters. The number of aryl methyl sites for hydroxylation is 1. The second-order valence-electron chi connectivity index (χ2n) is 5.00. The van der Waals surface area contributed by atoms with Crippen molar-refractivity contribution < 1.29 is 18.3 Å². The maximum absolute atomic E-state index is 11.8. The zero-order chi connectivity index (χ0) is 14.9. The second-order valence-corrected chi connectivity index (χ2v) is 7.68. The van der Waals surface area contributed by atoms with Gasteiger partial charge in [0.1, 0.15) is 0 Å². The molecule has 0 fully saturated rings. The van der Waals surface area contributed by atoms with E-state index < -0.39 is 15.8 Å². The van der Waals surface area contributed by atoms with Crippen LogP contribution in [0.1, 0.15) is 24.2 Å². The summed E-state index contributed by atoms with van der Waals surface area (Å²) in [5, 5.41) is 9.35. The van der Waals surface area contributed by atoms with Gasteiger partial charge in [0.25, 0.3) is 0 Å². The summed E-state index contributed by atoms with van der Waals surface area (Å²) in [5.74, 6) is -0.892. The maximum Gasteiger partial charge on any atom is 0.335 e. The molecule has 0 amide bonds. The molecule has 0 saturated heterocycles. The Labute approximate surface area is 117 Å². The summed E-state index contributed by atoms with van der Waals surface area (Å²) >= 11 is 0. The monoisotopic (exact) mass is 295 g/mol. The van der Waals surface area contributed by atoms with E-state index in [2.05, 4.69) is 0 Å². The fraction of sp³-hybridized carbons (Fsp3) is 0.357. The molecular formula is C14H17NO4S. The lowest BCUT2D eigenvalue weighted by Crippen LogP contribution is -2.20. The van der Waals surface area contributed by atoms with Gasteiger partial charge in [-0.2, -0.15) is 0 Å². The molecular weight excluding hydrogens is 278 g/mol. The third-order valence-electron chi connectivity index (χ3n) is 3.35. The quantitative estimate of drug-likeness (QED) is 0.917. The highest BCUT2D eigenvalue weighted by Gasteiger charge is 2.16. The highest BCUT2D eigenvalue weighted by Crippen LogP contribution is 2.18.